The summed E-state index contributed by atoms with van der Waals surface area (Å²) in [6.07, 6.45) is 0.523. The fourth-order valence-electron chi connectivity index (χ4n) is 2.45. The second kappa shape index (κ2) is 6.58. The largest absolute Gasteiger partial charge is 0.341 e. The Morgan fingerprint density at radius 3 is 3.00 bits per heavy atom. The highest BCUT2D eigenvalue weighted by atomic mass is 35.5. The number of benzene rings is 1. The fourth-order valence-corrected chi connectivity index (χ4v) is 6.36. The molecule has 1 aromatic heterocycles. The number of thiazole rings is 1. The lowest BCUT2D eigenvalue weighted by molar-refractivity contribution is -0.128. The molecule has 3 rings (SSSR count). The topological polar surface area (TPSA) is 67.3 Å². The zero-order chi connectivity index (χ0) is 16.6. The quantitative estimate of drug-likeness (QED) is 0.751. The van der Waals surface area contributed by atoms with Gasteiger partial charge in [-0.2, -0.15) is 0 Å². The summed E-state index contributed by atoms with van der Waals surface area (Å²) < 4.78 is 24.9. The molecule has 23 heavy (non-hydrogen) atoms. The van der Waals surface area contributed by atoms with Crippen molar-refractivity contribution in [1.29, 1.82) is 0 Å². The lowest BCUT2D eigenvalue weighted by Crippen LogP contribution is -2.38. The molecule has 1 atom stereocenters. The summed E-state index contributed by atoms with van der Waals surface area (Å²) in [6, 6.07) is 5.32. The van der Waals surface area contributed by atoms with E-state index >= 15 is 0 Å². The number of sulfone groups is 1. The van der Waals surface area contributed by atoms with Crippen molar-refractivity contribution in [2.45, 2.75) is 16.8 Å². The summed E-state index contributed by atoms with van der Waals surface area (Å²) >= 11 is 8.83. The first-order valence-corrected chi connectivity index (χ1v) is 11.0. The zero-order valence-corrected chi connectivity index (χ0v) is 15.6. The molecule has 0 bridgehead atoms. The molecule has 0 spiro atoms. The molecule has 9 heteroatoms. The molecule has 2 aromatic rings. The Labute approximate surface area is 147 Å². The maximum atomic E-state index is 12.2. The number of nitrogens with zero attached hydrogens (tertiary/aromatic N) is 2. The van der Waals surface area contributed by atoms with E-state index in [1.165, 1.54) is 23.1 Å². The van der Waals surface area contributed by atoms with Crippen LogP contribution in [0.5, 0.6) is 0 Å². The van der Waals surface area contributed by atoms with E-state index in [-0.39, 0.29) is 29.2 Å². The average Bonchev–Trinajstić information content (AvgIpc) is 3.06. The third kappa shape index (κ3) is 3.99. The number of thioether (sulfide) groups is 1. The predicted molar refractivity (Wildman–Crippen MR) is 95.2 cm³/mol. The molecule has 1 aliphatic rings. The van der Waals surface area contributed by atoms with Gasteiger partial charge >= 0.3 is 0 Å². The smallest absolute Gasteiger partial charge is 0.233 e. The first kappa shape index (κ1) is 17.0. The van der Waals surface area contributed by atoms with Gasteiger partial charge in [-0.05, 0) is 24.6 Å². The van der Waals surface area contributed by atoms with Gasteiger partial charge < -0.3 is 4.90 Å². The van der Waals surface area contributed by atoms with E-state index in [4.69, 9.17) is 11.6 Å². The molecule has 2 heterocycles. The number of carbonyl (C=O) groups is 1. The minimum atomic E-state index is -2.99. The van der Waals surface area contributed by atoms with E-state index in [1.807, 2.05) is 12.1 Å². The van der Waals surface area contributed by atoms with Gasteiger partial charge in [-0.15, -0.1) is 11.3 Å². The molecule has 1 amide bonds. The third-order valence-electron chi connectivity index (χ3n) is 3.80. The van der Waals surface area contributed by atoms with Crippen LogP contribution >= 0.6 is 34.7 Å². The molecule has 0 saturated carbocycles. The molecule has 0 N–H and O–H groups in total. The van der Waals surface area contributed by atoms with Gasteiger partial charge in [0.05, 0.1) is 27.5 Å². The van der Waals surface area contributed by atoms with Crippen LogP contribution in [-0.2, 0) is 14.6 Å². The van der Waals surface area contributed by atoms with Gasteiger partial charge in [-0.3, -0.25) is 4.79 Å². The average molecular weight is 391 g/mol. The van der Waals surface area contributed by atoms with Gasteiger partial charge in [-0.1, -0.05) is 23.4 Å². The van der Waals surface area contributed by atoms with Crippen molar-refractivity contribution in [3.05, 3.63) is 23.2 Å². The Morgan fingerprint density at radius 1 is 1.52 bits per heavy atom. The van der Waals surface area contributed by atoms with E-state index < -0.39 is 9.84 Å². The number of amides is 1. The van der Waals surface area contributed by atoms with E-state index in [2.05, 4.69) is 4.98 Å². The van der Waals surface area contributed by atoms with Crippen LogP contribution in [0.15, 0.2) is 22.5 Å². The van der Waals surface area contributed by atoms with E-state index in [0.717, 1.165) is 14.6 Å². The molecule has 1 aromatic carbocycles. The second-order valence-corrected chi connectivity index (χ2v) is 10.4. The maximum absolute atomic E-state index is 12.2. The number of rotatable bonds is 4. The Kier molecular flexibility index (Phi) is 4.87. The van der Waals surface area contributed by atoms with Gasteiger partial charge in [-0.25, -0.2) is 13.4 Å². The molecular weight excluding hydrogens is 376 g/mol. The van der Waals surface area contributed by atoms with Crippen molar-refractivity contribution in [2.24, 2.45) is 0 Å². The number of carbonyl (C=O) groups excluding carboxylic acids is 1. The summed E-state index contributed by atoms with van der Waals surface area (Å²) in [6.45, 7) is 0. The minimum absolute atomic E-state index is 0.0690. The normalized spacial score (nSPS) is 20.0. The summed E-state index contributed by atoms with van der Waals surface area (Å²) in [5.74, 6) is 0.413. The highest BCUT2D eigenvalue weighted by Crippen LogP contribution is 2.31. The standard InChI is InChI=1S/C14H15ClN2O3S3/c1-17(10-4-5-23(19,20)8-10)13(18)7-21-14-16-11-6-9(15)2-3-12(11)22-14/h2-3,6,10H,4-5,7-8H2,1H3. The van der Waals surface area contributed by atoms with Crippen LogP contribution in [0.1, 0.15) is 6.42 Å². The van der Waals surface area contributed by atoms with Gasteiger partial charge in [0.25, 0.3) is 0 Å². The fraction of sp³-hybridized carbons (Fsp3) is 0.429. The number of fused-ring (bicyclic) bond motifs is 1. The van der Waals surface area contributed by atoms with Crippen LogP contribution in [0.3, 0.4) is 0 Å². The van der Waals surface area contributed by atoms with Crippen molar-refractivity contribution >= 4 is 60.7 Å². The van der Waals surface area contributed by atoms with Crippen molar-refractivity contribution in [3.8, 4) is 0 Å². The molecule has 0 radical (unpaired) electrons. The molecule has 1 unspecified atom stereocenters. The third-order valence-corrected chi connectivity index (χ3v) is 7.95. The van der Waals surface area contributed by atoms with E-state index in [0.29, 0.717) is 11.4 Å². The highest BCUT2D eigenvalue weighted by molar-refractivity contribution is 8.01. The SMILES string of the molecule is CN(C(=O)CSc1nc2cc(Cl)ccc2s1)C1CCS(=O)(=O)C1. The van der Waals surface area contributed by atoms with Crippen molar-refractivity contribution in [2.75, 3.05) is 24.3 Å². The van der Waals surface area contributed by atoms with Crippen LogP contribution in [0.4, 0.5) is 0 Å². The molecule has 124 valence electrons. The molecule has 5 nitrogen and oxygen atoms in total. The molecule has 0 aliphatic carbocycles. The lowest BCUT2D eigenvalue weighted by atomic mass is 10.2. The van der Waals surface area contributed by atoms with E-state index in [9.17, 15) is 13.2 Å². The summed E-state index contributed by atoms with van der Waals surface area (Å²) in [5.41, 5.74) is 0.827. The molecule has 1 aliphatic heterocycles. The van der Waals surface area contributed by atoms with Crippen LogP contribution in [0.2, 0.25) is 5.02 Å². The number of aromatic nitrogens is 1. The van der Waals surface area contributed by atoms with Crippen LogP contribution in [-0.4, -0.2) is 54.6 Å². The minimum Gasteiger partial charge on any atom is -0.341 e. The van der Waals surface area contributed by atoms with Crippen molar-refractivity contribution in [3.63, 3.8) is 0 Å². The van der Waals surface area contributed by atoms with Crippen molar-refractivity contribution < 1.29 is 13.2 Å². The Bertz CT molecular complexity index is 850. The molecule has 1 fully saturated rings. The Morgan fingerprint density at radius 2 is 2.30 bits per heavy atom. The van der Waals surface area contributed by atoms with Gasteiger partial charge in [0, 0.05) is 18.1 Å². The maximum Gasteiger partial charge on any atom is 0.233 e. The number of hydrogen-bond donors (Lipinski definition) is 0. The van der Waals surface area contributed by atoms with Gasteiger partial charge in [0.2, 0.25) is 5.91 Å². The lowest BCUT2D eigenvalue weighted by Gasteiger charge is -2.22. The van der Waals surface area contributed by atoms with Gasteiger partial charge in [0.1, 0.15) is 0 Å². The van der Waals surface area contributed by atoms with Crippen LogP contribution < -0.4 is 0 Å². The van der Waals surface area contributed by atoms with Gasteiger partial charge in [0.15, 0.2) is 14.2 Å². The summed E-state index contributed by atoms with van der Waals surface area (Å²) in [5, 5.41) is 0.637. The number of hydrogen-bond acceptors (Lipinski definition) is 6. The first-order chi connectivity index (χ1) is 10.8. The monoisotopic (exact) mass is 390 g/mol. The summed E-state index contributed by atoms with van der Waals surface area (Å²) in [4.78, 5) is 18.3. The molecular formula is C14H15ClN2O3S3. The van der Waals surface area contributed by atoms with Crippen LogP contribution in [0, 0.1) is 0 Å². The van der Waals surface area contributed by atoms with Crippen LogP contribution in [0.25, 0.3) is 10.2 Å². The van der Waals surface area contributed by atoms with Crippen molar-refractivity contribution in [1.82, 2.24) is 9.88 Å². The van der Waals surface area contributed by atoms with E-state index in [1.54, 1.807) is 18.0 Å². The zero-order valence-electron chi connectivity index (χ0n) is 12.4. The first-order valence-electron chi connectivity index (χ1n) is 6.99. The second-order valence-electron chi connectivity index (χ2n) is 5.44. The Hall–Kier alpha value is -0.830. The highest BCUT2D eigenvalue weighted by Gasteiger charge is 2.32. The molecule has 1 saturated heterocycles. The Balaban J connectivity index is 1.61. The number of halogens is 1. The predicted octanol–water partition coefficient (Wildman–Crippen LogP) is 2.69. The summed E-state index contributed by atoms with van der Waals surface area (Å²) in [7, 11) is -1.31.